The summed E-state index contributed by atoms with van der Waals surface area (Å²) in [5.74, 6) is 1.91. The minimum Gasteiger partial charge on any atom is -0.315 e. The van der Waals surface area contributed by atoms with Crippen LogP contribution in [0.25, 0.3) is 0 Å². The molecule has 0 radical (unpaired) electrons. The molecule has 0 bridgehead atoms. The van der Waals surface area contributed by atoms with Crippen LogP contribution in [0.15, 0.2) is 0 Å². The van der Waals surface area contributed by atoms with Crippen LogP contribution in [0, 0.1) is 11.8 Å². The molecule has 3 nitrogen and oxygen atoms in total. The van der Waals surface area contributed by atoms with Crippen molar-refractivity contribution in [3.63, 3.8) is 0 Å². The van der Waals surface area contributed by atoms with Gasteiger partial charge in [-0.05, 0) is 83.6 Å². The van der Waals surface area contributed by atoms with Gasteiger partial charge in [0.2, 0.25) is 0 Å². The molecular formula is C18H35N3. The lowest BCUT2D eigenvalue weighted by molar-refractivity contribution is 0.134. The van der Waals surface area contributed by atoms with Crippen molar-refractivity contribution in [2.75, 3.05) is 46.3 Å². The Morgan fingerprint density at radius 2 is 1.52 bits per heavy atom. The average Bonchev–Trinajstić information content (AvgIpc) is 3.20. The van der Waals surface area contributed by atoms with Gasteiger partial charge in [0.15, 0.2) is 0 Å². The Morgan fingerprint density at radius 3 is 2.14 bits per heavy atom. The highest BCUT2D eigenvalue weighted by atomic mass is 15.2. The van der Waals surface area contributed by atoms with Crippen molar-refractivity contribution in [3.8, 4) is 0 Å². The molecule has 3 fully saturated rings. The first-order valence-electron chi connectivity index (χ1n) is 9.47. The molecule has 0 aromatic rings. The average molecular weight is 293 g/mol. The molecule has 3 heteroatoms. The van der Waals surface area contributed by atoms with E-state index in [0.717, 1.165) is 17.9 Å². The van der Waals surface area contributed by atoms with E-state index in [0.29, 0.717) is 0 Å². The molecule has 3 rings (SSSR count). The van der Waals surface area contributed by atoms with Crippen LogP contribution < -0.4 is 5.32 Å². The Kier molecular flexibility index (Phi) is 5.96. The van der Waals surface area contributed by atoms with Crippen molar-refractivity contribution >= 4 is 0 Å². The Morgan fingerprint density at radius 1 is 0.857 bits per heavy atom. The molecule has 1 atom stereocenters. The molecule has 2 aliphatic heterocycles. The summed E-state index contributed by atoms with van der Waals surface area (Å²) in [5.41, 5.74) is 0. The van der Waals surface area contributed by atoms with Gasteiger partial charge in [0.1, 0.15) is 0 Å². The highest BCUT2D eigenvalue weighted by Gasteiger charge is 2.28. The summed E-state index contributed by atoms with van der Waals surface area (Å²) >= 11 is 0. The van der Waals surface area contributed by atoms with Crippen LogP contribution in [0.3, 0.4) is 0 Å². The van der Waals surface area contributed by atoms with Gasteiger partial charge in [-0.1, -0.05) is 12.8 Å². The third kappa shape index (κ3) is 4.43. The van der Waals surface area contributed by atoms with Crippen LogP contribution in [0.4, 0.5) is 0 Å². The zero-order valence-corrected chi connectivity index (χ0v) is 14.0. The molecule has 1 N–H and O–H groups in total. The maximum Gasteiger partial charge on any atom is 0.0220 e. The second kappa shape index (κ2) is 7.94. The molecule has 0 aromatic carbocycles. The Bertz CT molecular complexity index is 287. The summed E-state index contributed by atoms with van der Waals surface area (Å²) in [6, 6.07) is 0.739. The van der Waals surface area contributed by atoms with Crippen LogP contribution in [0.2, 0.25) is 0 Å². The van der Waals surface area contributed by atoms with E-state index in [4.69, 9.17) is 0 Å². The highest BCUT2D eigenvalue weighted by molar-refractivity contribution is 4.84. The van der Waals surface area contributed by atoms with Crippen LogP contribution in [-0.2, 0) is 0 Å². The molecule has 1 unspecified atom stereocenters. The zero-order valence-electron chi connectivity index (χ0n) is 14.0. The molecule has 21 heavy (non-hydrogen) atoms. The number of hydrogen-bond donors (Lipinski definition) is 1. The lowest BCUT2D eigenvalue weighted by atomic mass is 9.93. The van der Waals surface area contributed by atoms with E-state index in [1.54, 1.807) is 0 Å². The number of rotatable bonds is 6. The monoisotopic (exact) mass is 293 g/mol. The van der Waals surface area contributed by atoms with Gasteiger partial charge in [-0.15, -0.1) is 0 Å². The maximum atomic E-state index is 3.61. The van der Waals surface area contributed by atoms with Crippen LogP contribution in [-0.4, -0.2) is 62.2 Å². The van der Waals surface area contributed by atoms with Crippen LogP contribution in [0.1, 0.15) is 51.4 Å². The molecule has 1 aliphatic carbocycles. The summed E-state index contributed by atoms with van der Waals surface area (Å²) in [6.07, 6.45) is 11.6. The summed E-state index contributed by atoms with van der Waals surface area (Å²) in [5, 5.41) is 3.61. The topological polar surface area (TPSA) is 18.5 Å². The number of likely N-dealkylation sites (tertiary alicyclic amines) is 2. The lowest BCUT2D eigenvalue weighted by Gasteiger charge is -2.37. The smallest absolute Gasteiger partial charge is 0.0220 e. The second-order valence-corrected chi connectivity index (χ2v) is 7.69. The van der Waals surface area contributed by atoms with E-state index in [1.165, 1.54) is 90.6 Å². The quantitative estimate of drug-likeness (QED) is 0.812. The Labute approximate surface area is 131 Å². The van der Waals surface area contributed by atoms with Crippen LogP contribution in [0.5, 0.6) is 0 Å². The fraction of sp³-hybridized carbons (Fsp3) is 1.00. The molecule has 2 saturated heterocycles. The first kappa shape index (κ1) is 15.8. The van der Waals surface area contributed by atoms with Crippen LogP contribution >= 0.6 is 0 Å². The van der Waals surface area contributed by atoms with Gasteiger partial charge in [0.05, 0.1) is 0 Å². The van der Waals surface area contributed by atoms with Crippen molar-refractivity contribution in [3.05, 3.63) is 0 Å². The first-order valence-corrected chi connectivity index (χ1v) is 9.47. The highest BCUT2D eigenvalue weighted by Crippen LogP contribution is 2.29. The molecule has 0 amide bonds. The van der Waals surface area contributed by atoms with Crippen molar-refractivity contribution in [2.45, 2.75) is 57.4 Å². The van der Waals surface area contributed by atoms with Crippen molar-refractivity contribution in [1.29, 1.82) is 0 Å². The molecule has 2 heterocycles. The van der Waals surface area contributed by atoms with E-state index < -0.39 is 0 Å². The maximum absolute atomic E-state index is 3.61. The molecule has 3 aliphatic rings. The third-order valence-electron chi connectivity index (χ3n) is 6.22. The van der Waals surface area contributed by atoms with Gasteiger partial charge in [0.25, 0.3) is 0 Å². The summed E-state index contributed by atoms with van der Waals surface area (Å²) < 4.78 is 0. The predicted octanol–water partition coefficient (Wildman–Crippen LogP) is 2.57. The van der Waals surface area contributed by atoms with E-state index in [1.807, 2.05) is 0 Å². The molecule has 0 aromatic heterocycles. The second-order valence-electron chi connectivity index (χ2n) is 7.69. The van der Waals surface area contributed by atoms with Gasteiger partial charge < -0.3 is 15.1 Å². The van der Waals surface area contributed by atoms with Gasteiger partial charge in [0, 0.05) is 19.1 Å². The number of piperidine rings is 1. The summed E-state index contributed by atoms with van der Waals surface area (Å²) in [7, 11) is 2.17. The predicted molar refractivity (Wildman–Crippen MR) is 89.6 cm³/mol. The third-order valence-corrected chi connectivity index (χ3v) is 6.22. The molecule has 1 saturated carbocycles. The van der Waals surface area contributed by atoms with Gasteiger partial charge in [-0.3, -0.25) is 0 Å². The normalized spacial score (nSPS) is 28.4. The minimum atomic E-state index is 0.739. The fourth-order valence-corrected chi connectivity index (χ4v) is 4.80. The molecular weight excluding hydrogens is 258 g/mol. The van der Waals surface area contributed by atoms with Gasteiger partial charge in [-0.2, -0.15) is 0 Å². The lowest BCUT2D eigenvalue weighted by Crippen LogP contribution is -2.47. The standard InChI is InChI=1S/C18H35N3/c1-19-18(17-6-2-3-7-17)15-21-12-8-16(9-13-21)14-20-10-4-5-11-20/h16-19H,2-15H2,1H3. The zero-order chi connectivity index (χ0) is 14.5. The molecule has 122 valence electrons. The van der Waals surface area contributed by atoms with E-state index in [9.17, 15) is 0 Å². The van der Waals surface area contributed by atoms with Gasteiger partial charge >= 0.3 is 0 Å². The largest absolute Gasteiger partial charge is 0.315 e. The van der Waals surface area contributed by atoms with E-state index in [2.05, 4.69) is 22.2 Å². The van der Waals surface area contributed by atoms with Crippen molar-refractivity contribution in [2.24, 2.45) is 11.8 Å². The van der Waals surface area contributed by atoms with Crippen molar-refractivity contribution in [1.82, 2.24) is 15.1 Å². The SMILES string of the molecule is CNC(CN1CCC(CN2CCCC2)CC1)C1CCCC1. The van der Waals surface area contributed by atoms with E-state index >= 15 is 0 Å². The summed E-state index contributed by atoms with van der Waals surface area (Å²) in [6.45, 7) is 8.07. The van der Waals surface area contributed by atoms with E-state index in [-0.39, 0.29) is 0 Å². The molecule has 0 spiro atoms. The van der Waals surface area contributed by atoms with Crippen molar-refractivity contribution < 1.29 is 0 Å². The summed E-state index contributed by atoms with van der Waals surface area (Å²) in [4.78, 5) is 5.44. The fourth-order valence-electron chi connectivity index (χ4n) is 4.80. The number of nitrogens with zero attached hydrogens (tertiary/aromatic N) is 2. The first-order chi connectivity index (χ1) is 10.3. The number of nitrogens with one attached hydrogen (secondary N) is 1. The Balaban J connectivity index is 1.38. The number of likely N-dealkylation sites (N-methyl/N-ethyl adjacent to an activating group) is 1. The number of hydrogen-bond acceptors (Lipinski definition) is 3. The minimum absolute atomic E-state index is 0.739. The Hall–Kier alpha value is -0.120. The van der Waals surface area contributed by atoms with Gasteiger partial charge in [-0.25, -0.2) is 0 Å².